The van der Waals surface area contributed by atoms with Crippen molar-refractivity contribution >= 4 is 5.96 Å². The quantitative estimate of drug-likeness (QED) is 0.394. The van der Waals surface area contributed by atoms with Gasteiger partial charge in [-0.25, -0.2) is 0 Å². The molecule has 2 rings (SSSR count). The molecule has 136 valence electrons. The molecule has 0 aliphatic carbocycles. The molecule has 0 spiro atoms. The zero-order valence-corrected chi connectivity index (χ0v) is 15.0. The number of nitrogens with one attached hydrogen (secondary N) is 2. The Kier molecular flexibility index (Phi) is 8.41. The summed E-state index contributed by atoms with van der Waals surface area (Å²) in [5.74, 6) is 2.53. The summed E-state index contributed by atoms with van der Waals surface area (Å²) in [5.41, 5.74) is 1.26. The Balaban J connectivity index is 1.54. The Labute approximate surface area is 149 Å². The predicted octanol–water partition coefficient (Wildman–Crippen LogP) is 2.60. The minimum atomic E-state index is 0.516. The first kappa shape index (κ1) is 18.9. The van der Waals surface area contributed by atoms with Crippen LogP contribution in [0.1, 0.15) is 17.7 Å². The van der Waals surface area contributed by atoms with Crippen molar-refractivity contribution in [2.24, 2.45) is 4.99 Å². The maximum atomic E-state index is 5.55. The molecule has 0 atom stereocenters. The van der Waals surface area contributed by atoms with Crippen LogP contribution in [-0.2, 0) is 17.8 Å². The molecule has 2 aromatic rings. The molecule has 1 heterocycles. The van der Waals surface area contributed by atoms with Crippen molar-refractivity contribution in [1.29, 1.82) is 0 Å². The molecule has 2 N–H and O–H groups in total. The van der Waals surface area contributed by atoms with Gasteiger partial charge in [0.2, 0.25) is 0 Å². The summed E-state index contributed by atoms with van der Waals surface area (Å²) in [6, 6.07) is 11.9. The second-order valence-electron chi connectivity index (χ2n) is 5.51. The van der Waals surface area contributed by atoms with Crippen molar-refractivity contribution in [3.8, 4) is 5.75 Å². The summed E-state index contributed by atoms with van der Waals surface area (Å²) in [5, 5.41) is 6.59. The number of nitrogens with zero attached hydrogens (tertiary/aromatic N) is 1. The molecule has 0 saturated heterocycles. The first-order valence-corrected chi connectivity index (χ1v) is 8.49. The van der Waals surface area contributed by atoms with Crippen LogP contribution in [0, 0.1) is 0 Å². The van der Waals surface area contributed by atoms with Crippen LogP contribution in [-0.4, -0.2) is 39.8 Å². The van der Waals surface area contributed by atoms with E-state index in [2.05, 4.69) is 27.8 Å². The normalized spacial score (nSPS) is 11.4. The lowest BCUT2D eigenvalue weighted by molar-refractivity contribution is 0.105. The largest absolute Gasteiger partial charge is 0.497 e. The molecule has 0 fully saturated rings. The number of hydrogen-bond acceptors (Lipinski definition) is 4. The van der Waals surface area contributed by atoms with Gasteiger partial charge in [0.05, 0.1) is 13.4 Å². The summed E-state index contributed by atoms with van der Waals surface area (Å²) < 4.78 is 15.9. The topological polar surface area (TPSA) is 68.0 Å². The lowest BCUT2D eigenvalue weighted by Gasteiger charge is -2.12. The van der Waals surface area contributed by atoms with Crippen molar-refractivity contribution < 1.29 is 13.9 Å². The van der Waals surface area contributed by atoms with Crippen LogP contribution in [0.4, 0.5) is 0 Å². The van der Waals surface area contributed by atoms with E-state index in [-0.39, 0.29) is 0 Å². The Morgan fingerprint density at radius 1 is 1.12 bits per heavy atom. The molecular weight excluding hydrogens is 318 g/mol. The highest BCUT2D eigenvalue weighted by Gasteiger charge is 1.99. The highest BCUT2D eigenvalue weighted by Crippen LogP contribution is 2.11. The Morgan fingerprint density at radius 2 is 1.92 bits per heavy atom. The molecule has 0 aliphatic heterocycles. The molecule has 1 aromatic heterocycles. The van der Waals surface area contributed by atoms with Gasteiger partial charge in [0.1, 0.15) is 18.1 Å². The van der Waals surface area contributed by atoms with Gasteiger partial charge in [-0.3, -0.25) is 4.99 Å². The fourth-order valence-electron chi connectivity index (χ4n) is 2.29. The van der Waals surface area contributed by atoms with Crippen molar-refractivity contribution in [3.05, 3.63) is 54.0 Å². The minimum absolute atomic E-state index is 0.516. The summed E-state index contributed by atoms with van der Waals surface area (Å²) >= 11 is 0. The van der Waals surface area contributed by atoms with E-state index in [1.807, 2.05) is 24.3 Å². The van der Waals surface area contributed by atoms with E-state index in [0.717, 1.165) is 43.4 Å². The maximum absolute atomic E-state index is 5.55. The molecular formula is C19H27N3O3. The van der Waals surface area contributed by atoms with Gasteiger partial charge in [0.15, 0.2) is 5.96 Å². The fraction of sp³-hybridized carbons (Fsp3) is 0.421. The van der Waals surface area contributed by atoms with Crippen LogP contribution in [0.2, 0.25) is 0 Å². The van der Waals surface area contributed by atoms with Crippen molar-refractivity contribution in [2.75, 3.05) is 33.9 Å². The number of aliphatic imine (C=N–C) groups is 1. The van der Waals surface area contributed by atoms with Gasteiger partial charge in [0, 0.05) is 26.7 Å². The first-order valence-electron chi connectivity index (χ1n) is 8.49. The van der Waals surface area contributed by atoms with Gasteiger partial charge < -0.3 is 24.5 Å². The average molecular weight is 345 g/mol. The van der Waals surface area contributed by atoms with Crippen molar-refractivity contribution in [3.63, 3.8) is 0 Å². The monoisotopic (exact) mass is 345 g/mol. The SMILES string of the molecule is CN=C(NCCCOCc1ccco1)NCCc1ccc(OC)cc1. The molecule has 0 unspecified atom stereocenters. The second-order valence-corrected chi connectivity index (χ2v) is 5.51. The van der Waals surface area contributed by atoms with Gasteiger partial charge in [-0.2, -0.15) is 0 Å². The lowest BCUT2D eigenvalue weighted by atomic mass is 10.1. The summed E-state index contributed by atoms with van der Waals surface area (Å²) in [6.07, 6.45) is 3.48. The van der Waals surface area contributed by atoms with Crippen molar-refractivity contribution in [2.45, 2.75) is 19.4 Å². The van der Waals surface area contributed by atoms with Crippen LogP contribution in [0.3, 0.4) is 0 Å². The predicted molar refractivity (Wildman–Crippen MR) is 99.0 cm³/mol. The van der Waals surface area contributed by atoms with Gasteiger partial charge >= 0.3 is 0 Å². The van der Waals surface area contributed by atoms with E-state index >= 15 is 0 Å². The van der Waals surface area contributed by atoms with Gasteiger partial charge in [-0.05, 0) is 42.7 Å². The van der Waals surface area contributed by atoms with E-state index in [0.29, 0.717) is 13.2 Å². The van der Waals surface area contributed by atoms with E-state index < -0.39 is 0 Å². The molecule has 25 heavy (non-hydrogen) atoms. The summed E-state index contributed by atoms with van der Waals surface area (Å²) in [7, 11) is 3.45. The van der Waals surface area contributed by atoms with Gasteiger partial charge in [0.25, 0.3) is 0 Å². The summed E-state index contributed by atoms with van der Waals surface area (Å²) in [4.78, 5) is 4.22. The molecule has 1 aromatic carbocycles. The third-order valence-corrected chi connectivity index (χ3v) is 3.67. The van der Waals surface area contributed by atoms with E-state index in [1.54, 1.807) is 20.4 Å². The Morgan fingerprint density at radius 3 is 2.60 bits per heavy atom. The molecule has 6 nitrogen and oxygen atoms in total. The summed E-state index contributed by atoms with van der Waals surface area (Å²) in [6.45, 7) is 2.82. The number of furan rings is 1. The van der Waals surface area contributed by atoms with Crippen LogP contribution in [0.5, 0.6) is 5.75 Å². The number of ether oxygens (including phenoxy) is 2. The minimum Gasteiger partial charge on any atom is -0.497 e. The molecule has 0 saturated carbocycles. The Bertz CT molecular complexity index is 609. The Hall–Kier alpha value is -2.47. The second kappa shape index (κ2) is 11.1. The smallest absolute Gasteiger partial charge is 0.190 e. The standard InChI is InChI=1S/C19H27N3O3/c1-20-19(21-11-4-13-24-15-18-5-3-14-25-18)22-12-10-16-6-8-17(23-2)9-7-16/h3,5-9,14H,4,10-13,15H2,1-2H3,(H2,20,21,22). The van der Waals surface area contributed by atoms with E-state index in [9.17, 15) is 0 Å². The van der Waals surface area contributed by atoms with E-state index in [1.165, 1.54) is 5.56 Å². The van der Waals surface area contributed by atoms with Gasteiger partial charge in [-0.15, -0.1) is 0 Å². The third-order valence-electron chi connectivity index (χ3n) is 3.67. The van der Waals surface area contributed by atoms with Crippen LogP contribution < -0.4 is 15.4 Å². The van der Waals surface area contributed by atoms with Crippen LogP contribution in [0.15, 0.2) is 52.1 Å². The lowest BCUT2D eigenvalue weighted by Crippen LogP contribution is -2.39. The number of methoxy groups -OCH3 is 1. The fourth-order valence-corrected chi connectivity index (χ4v) is 2.29. The van der Waals surface area contributed by atoms with Gasteiger partial charge in [-0.1, -0.05) is 12.1 Å². The van der Waals surface area contributed by atoms with Crippen LogP contribution in [0.25, 0.3) is 0 Å². The molecule has 6 heteroatoms. The number of guanidine groups is 1. The number of benzene rings is 1. The molecule has 0 bridgehead atoms. The highest BCUT2D eigenvalue weighted by molar-refractivity contribution is 5.79. The number of hydrogen-bond donors (Lipinski definition) is 2. The van der Waals surface area contributed by atoms with Crippen LogP contribution >= 0.6 is 0 Å². The van der Waals surface area contributed by atoms with E-state index in [4.69, 9.17) is 13.9 Å². The third kappa shape index (κ3) is 7.30. The highest BCUT2D eigenvalue weighted by atomic mass is 16.5. The average Bonchev–Trinajstić information content (AvgIpc) is 3.17. The number of rotatable bonds is 10. The first-order chi connectivity index (χ1) is 12.3. The maximum Gasteiger partial charge on any atom is 0.190 e. The van der Waals surface area contributed by atoms with Crippen molar-refractivity contribution in [1.82, 2.24) is 10.6 Å². The molecule has 0 radical (unpaired) electrons. The zero-order valence-electron chi connectivity index (χ0n) is 15.0. The molecule has 0 amide bonds. The molecule has 0 aliphatic rings. The zero-order chi connectivity index (χ0) is 17.7.